The van der Waals surface area contributed by atoms with Crippen molar-refractivity contribution in [2.45, 2.75) is 31.0 Å². The Hall–Kier alpha value is -2.99. The van der Waals surface area contributed by atoms with Crippen molar-refractivity contribution in [1.29, 1.82) is 0 Å². The minimum atomic E-state index is -4.72. The van der Waals surface area contributed by atoms with Crippen LogP contribution in [0.15, 0.2) is 65.6 Å². The maximum absolute atomic E-state index is 13.3. The highest BCUT2D eigenvalue weighted by atomic mass is 32.2. The highest BCUT2D eigenvalue weighted by Crippen LogP contribution is 2.37. The lowest BCUT2D eigenvalue weighted by Gasteiger charge is -2.21. The lowest BCUT2D eigenvalue weighted by molar-refractivity contribution is -0.137. The number of ether oxygens (including phenoxy) is 1. The molecule has 2 N–H and O–H groups in total. The van der Waals surface area contributed by atoms with Crippen molar-refractivity contribution in [3.05, 3.63) is 71.9 Å². The lowest BCUT2D eigenvalue weighted by Crippen LogP contribution is -2.31. The molecule has 1 atom stereocenters. The van der Waals surface area contributed by atoms with Crippen molar-refractivity contribution >= 4 is 10.0 Å². The summed E-state index contributed by atoms with van der Waals surface area (Å²) >= 11 is 0. The molecule has 3 rings (SSSR count). The summed E-state index contributed by atoms with van der Waals surface area (Å²) in [6.07, 6.45) is -5.85. The SMILES string of the molecule is CCN(CC)S(=O)(=O)c1cc(C(F)(F)F)ccc1Oc1ccc(-c2cccc([C@H](O)CO)n2)cc1. The first kappa shape index (κ1) is 26.6. The van der Waals surface area contributed by atoms with E-state index >= 15 is 0 Å². The van der Waals surface area contributed by atoms with E-state index in [0.717, 1.165) is 16.4 Å². The molecule has 2 aromatic carbocycles. The number of aliphatic hydroxyl groups excluding tert-OH is 2. The van der Waals surface area contributed by atoms with E-state index in [2.05, 4.69) is 4.98 Å². The maximum atomic E-state index is 13.3. The third-order valence-electron chi connectivity index (χ3n) is 5.26. The number of aliphatic hydroxyl groups is 2. The number of pyridine rings is 1. The molecule has 0 unspecified atom stereocenters. The molecule has 1 aromatic heterocycles. The quantitative estimate of drug-likeness (QED) is 0.436. The van der Waals surface area contributed by atoms with E-state index in [1.54, 1.807) is 44.2 Å². The molecule has 0 aliphatic carbocycles. The molecule has 1 heterocycles. The Morgan fingerprint density at radius 3 is 2.26 bits per heavy atom. The second kappa shape index (κ2) is 10.7. The van der Waals surface area contributed by atoms with Crippen LogP contribution in [0.4, 0.5) is 13.2 Å². The van der Waals surface area contributed by atoms with Crippen LogP contribution in [0.1, 0.15) is 31.2 Å². The summed E-state index contributed by atoms with van der Waals surface area (Å²) in [6, 6.07) is 13.6. The number of halogens is 3. The average Bonchev–Trinajstić information content (AvgIpc) is 2.84. The monoisotopic (exact) mass is 510 g/mol. The zero-order valence-electron chi connectivity index (χ0n) is 19.0. The van der Waals surface area contributed by atoms with E-state index in [1.165, 1.54) is 12.1 Å². The Morgan fingerprint density at radius 2 is 1.69 bits per heavy atom. The highest BCUT2D eigenvalue weighted by Gasteiger charge is 2.34. The largest absolute Gasteiger partial charge is 0.456 e. The van der Waals surface area contributed by atoms with Gasteiger partial charge in [-0.1, -0.05) is 19.9 Å². The van der Waals surface area contributed by atoms with Gasteiger partial charge in [0.1, 0.15) is 22.5 Å². The van der Waals surface area contributed by atoms with Gasteiger partial charge in [-0.3, -0.25) is 0 Å². The van der Waals surface area contributed by atoms with Gasteiger partial charge in [-0.25, -0.2) is 13.4 Å². The van der Waals surface area contributed by atoms with Gasteiger partial charge in [0, 0.05) is 18.7 Å². The van der Waals surface area contributed by atoms with Crippen LogP contribution in [0.2, 0.25) is 0 Å². The van der Waals surface area contributed by atoms with Crippen molar-refractivity contribution < 1.29 is 36.5 Å². The predicted molar refractivity (Wildman–Crippen MR) is 123 cm³/mol. The molecule has 35 heavy (non-hydrogen) atoms. The van der Waals surface area contributed by atoms with Gasteiger partial charge in [0.25, 0.3) is 0 Å². The number of nitrogens with zero attached hydrogens (tertiary/aromatic N) is 2. The molecule has 0 spiro atoms. The van der Waals surface area contributed by atoms with Crippen molar-refractivity contribution in [2.75, 3.05) is 19.7 Å². The van der Waals surface area contributed by atoms with Crippen LogP contribution >= 0.6 is 0 Å². The van der Waals surface area contributed by atoms with E-state index in [9.17, 15) is 26.7 Å². The topological polar surface area (TPSA) is 100.0 Å². The summed E-state index contributed by atoms with van der Waals surface area (Å²) in [4.78, 5) is 3.73. The van der Waals surface area contributed by atoms with Gasteiger partial charge in [0.15, 0.2) is 0 Å². The number of alkyl halides is 3. The molecule has 0 aliphatic rings. The fourth-order valence-electron chi connectivity index (χ4n) is 3.38. The number of hydrogen-bond donors (Lipinski definition) is 2. The van der Waals surface area contributed by atoms with Gasteiger partial charge in [0.2, 0.25) is 10.0 Å². The fourth-order valence-corrected chi connectivity index (χ4v) is 4.98. The minimum Gasteiger partial charge on any atom is -0.456 e. The molecule has 0 fully saturated rings. The number of benzene rings is 2. The summed E-state index contributed by atoms with van der Waals surface area (Å²) in [5.41, 5.74) is 0.358. The van der Waals surface area contributed by atoms with Gasteiger partial charge in [-0.2, -0.15) is 17.5 Å². The third-order valence-corrected chi connectivity index (χ3v) is 7.33. The standard InChI is InChI=1S/C24H25F3N2O5S/c1-3-29(4-2)35(32,33)23-14-17(24(25,26)27)10-13-22(23)34-18-11-8-16(9-12-18)19-6-5-7-20(28-19)21(31)15-30/h5-14,21,30-31H,3-4,15H2,1-2H3/t21-/m1/s1. The van der Waals surface area contributed by atoms with E-state index in [4.69, 9.17) is 9.84 Å². The zero-order chi connectivity index (χ0) is 25.8. The van der Waals surface area contributed by atoms with E-state index in [-0.39, 0.29) is 24.6 Å². The van der Waals surface area contributed by atoms with Gasteiger partial charge >= 0.3 is 6.18 Å². The molecule has 0 amide bonds. The van der Waals surface area contributed by atoms with Crippen molar-refractivity contribution in [1.82, 2.24) is 9.29 Å². The number of sulfonamides is 1. The normalized spacial score (nSPS) is 13.1. The van der Waals surface area contributed by atoms with Crippen LogP contribution in [-0.4, -0.2) is 47.6 Å². The summed E-state index contributed by atoms with van der Waals surface area (Å²) in [6.45, 7) is 2.88. The summed E-state index contributed by atoms with van der Waals surface area (Å²) < 4.78 is 72.8. The molecule has 7 nitrogen and oxygen atoms in total. The molecule has 0 bridgehead atoms. The van der Waals surface area contributed by atoms with Crippen molar-refractivity contribution in [3.63, 3.8) is 0 Å². The Labute approximate surface area is 201 Å². The Balaban J connectivity index is 1.97. The first-order valence-electron chi connectivity index (χ1n) is 10.8. The molecule has 0 radical (unpaired) electrons. The Kier molecular flexibility index (Phi) is 8.16. The first-order chi connectivity index (χ1) is 16.5. The van der Waals surface area contributed by atoms with E-state index in [0.29, 0.717) is 23.0 Å². The van der Waals surface area contributed by atoms with Gasteiger partial charge in [-0.15, -0.1) is 0 Å². The summed E-state index contributed by atoms with van der Waals surface area (Å²) in [7, 11) is -4.25. The second-order valence-corrected chi connectivity index (χ2v) is 9.43. The van der Waals surface area contributed by atoms with Gasteiger partial charge in [0.05, 0.1) is 23.6 Å². The van der Waals surface area contributed by atoms with Crippen LogP contribution in [-0.2, 0) is 16.2 Å². The van der Waals surface area contributed by atoms with E-state index < -0.39 is 39.4 Å². The molecular weight excluding hydrogens is 485 g/mol. The van der Waals surface area contributed by atoms with Gasteiger partial charge in [-0.05, 0) is 54.6 Å². The lowest BCUT2D eigenvalue weighted by atomic mass is 10.1. The Bertz CT molecular complexity index is 1260. The second-order valence-electron chi connectivity index (χ2n) is 7.52. The maximum Gasteiger partial charge on any atom is 0.416 e. The molecule has 0 saturated carbocycles. The fraction of sp³-hybridized carbons (Fsp3) is 0.292. The third kappa shape index (κ3) is 5.99. The molecule has 11 heteroatoms. The van der Waals surface area contributed by atoms with Gasteiger partial charge < -0.3 is 14.9 Å². The minimum absolute atomic E-state index is 0.0836. The van der Waals surface area contributed by atoms with Crippen molar-refractivity contribution in [2.24, 2.45) is 0 Å². The van der Waals surface area contributed by atoms with Crippen LogP contribution in [0.3, 0.4) is 0 Å². The number of aromatic nitrogens is 1. The molecule has 0 saturated heterocycles. The number of rotatable bonds is 9. The summed E-state index contributed by atoms with van der Waals surface area (Å²) in [5.74, 6) is -0.0279. The van der Waals surface area contributed by atoms with Crippen LogP contribution < -0.4 is 4.74 Å². The molecule has 3 aromatic rings. The van der Waals surface area contributed by atoms with Crippen molar-refractivity contribution in [3.8, 4) is 22.8 Å². The molecule has 0 aliphatic heterocycles. The smallest absolute Gasteiger partial charge is 0.416 e. The Morgan fingerprint density at radius 1 is 1.03 bits per heavy atom. The number of hydrogen-bond acceptors (Lipinski definition) is 6. The summed E-state index contributed by atoms with van der Waals surface area (Å²) in [5, 5.41) is 18.9. The molecular formula is C24H25F3N2O5S. The van der Waals surface area contributed by atoms with Crippen LogP contribution in [0, 0.1) is 0 Å². The molecule has 188 valence electrons. The predicted octanol–water partition coefficient (Wildman–Crippen LogP) is 4.62. The van der Waals surface area contributed by atoms with Crippen LogP contribution in [0.25, 0.3) is 11.3 Å². The highest BCUT2D eigenvalue weighted by molar-refractivity contribution is 7.89. The first-order valence-corrected chi connectivity index (χ1v) is 12.2. The average molecular weight is 511 g/mol. The van der Waals surface area contributed by atoms with E-state index in [1.807, 2.05) is 0 Å². The zero-order valence-corrected chi connectivity index (χ0v) is 19.8. The van der Waals surface area contributed by atoms with Crippen LogP contribution in [0.5, 0.6) is 11.5 Å².